The fraction of sp³-hybridized carbons (Fsp3) is 0.450. The van der Waals surface area contributed by atoms with Crippen LogP contribution in [0.4, 0.5) is 0 Å². The second kappa shape index (κ2) is 6.06. The summed E-state index contributed by atoms with van der Waals surface area (Å²) >= 11 is 0. The predicted molar refractivity (Wildman–Crippen MR) is 91.1 cm³/mol. The molecule has 0 aliphatic heterocycles. The van der Waals surface area contributed by atoms with Crippen LogP contribution in [0.5, 0.6) is 0 Å². The van der Waals surface area contributed by atoms with E-state index in [0.717, 1.165) is 36.4 Å². The van der Waals surface area contributed by atoms with Crippen molar-refractivity contribution in [1.82, 2.24) is 10.3 Å². The van der Waals surface area contributed by atoms with E-state index in [-0.39, 0.29) is 0 Å². The Hall–Kier alpha value is -1.71. The normalized spacial score (nSPS) is 24.4. The van der Waals surface area contributed by atoms with E-state index in [9.17, 15) is 5.11 Å². The lowest BCUT2D eigenvalue weighted by atomic mass is 9.95. The number of aromatic nitrogens is 1. The van der Waals surface area contributed by atoms with Gasteiger partial charge in [0.1, 0.15) is 5.60 Å². The van der Waals surface area contributed by atoms with Gasteiger partial charge in [0.05, 0.1) is 0 Å². The van der Waals surface area contributed by atoms with Crippen molar-refractivity contribution in [3.8, 4) is 0 Å². The molecule has 0 saturated heterocycles. The van der Waals surface area contributed by atoms with Crippen LogP contribution in [0.2, 0.25) is 0 Å². The van der Waals surface area contributed by atoms with Gasteiger partial charge in [0.2, 0.25) is 0 Å². The standard InChI is InChI=1S/C20H24N2O/c23-20(11-10-15-5-1-2-7-18(15)20)14-22-19(16-8-9-16)13-17-6-3-4-12-21-17/h1-7,12,16,19,22-23H,8-11,13-14H2/t19-,20+/m1/s1. The second-order valence-electron chi connectivity index (χ2n) is 7.04. The van der Waals surface area contributed by atoms with Gasteiger partial charge in [0, 0.05) is 30.9 Å². The Bertz CT molecular complexity index is 668. The van der Waals surface area contributed by atoms with E-state index in [2.05, 4.69) is 34.6 Å². The summed E-state index contributed by atoms with van der Waals surface area (Å²) in [6.07, 6.45) is 7.19. The molecule has 2 atom stereocenters. The van der Waals surface area contributed by atoms with Crippen LogP contribution in [-0.4, -0.2) is 22.7 Å². The molecule has 1 aromatic heterocycles. The van der Waals surface area contributed by atoms with Crippen molar-refractivity contribution >= 4 is 0 Å². The van der Waals surface area contributed by atoms with Gasteiger partial charge < -0.3 is 10.4 Å². The van der Waals surface area contributed by atoms with Crippen LogP contribution < -0.4 is 5.32 Å². The number of nitrogens with zero attached hydrogens (tertiary/aromatic N) is 1. The first-order valence-corrected chi connectivity index (χ1v) is 8.69. The SMILES string of the molecule is O[C@]1(CN[C@H](Cc2ccccn2)C2CC2)CCc2ccccc21. The monoisotopic (exact) mass is 308 g/mol. The maximum absolute atomic E-state index is 11.1. The Labute approximate surface area is 137 Å². The zero-order valence-corrected chi connectivity index (χ0v) is 13.4. The van der Waals surface area contributed by atoms with Gasteiger partial charge in [-0.3, -0.25) is 4.98 Å². The van der Waals surface area contributed by atoms with Crippen LogP contribution in [-0.2, 0) is 18.4 Å². The molecular weight excluding hydrogens is 284 g/mol. The summed E-state index contributed by atoms with van der Waals surface area (Å²) in [5.74, 6) is 0.734. The van der Waals surface area contributed by atoms with Gasteiger partial charge in [-0.2, -0.15) is 0 Å². The average molecular weight is 308 g/mol. The Morgan fingerprint density at radius 3 is 2.78 bits per heavy atom. The average Bonchev–Trinajstić information content (AvgIpc) is 3.38. The third-order valence-corrected chi connectivity index (χ3v) is 5.33. The lowest BCUT2D eigenvalue weighted by Crippen LogP contribution is -2.43. The highest BCUT2D eigenvalue weighted by Gasteiger charge is 2.38. The van der Waals surface area contributed by atoms with Crippen LogP contribution in [0.3, 0.4) is 0 Å². The number of hydrogen-bond donors (Lipinski definition) is 2. The molecule has 0 spiro atoms. The summed E-state index contributed by atoms with van der Waals surface area (Å²) in [4.78, 5) is 4.46. The molecule has 120 valence electrons. The minimum absolute atomic E-state index is 0.418. The minimum Gasteiger partial charge on any atom is -0.384 e. The van der Waals surface area contributed by atoms with Gasteiger partial charge >= 0.3 is 0 Å². The molecule has 3 heteroatoms. The molecule has 0 bridgehead atoms. The Kier molecular flexibility index (Phi) is 3.92. The summed E-state index contributed by atoms with van der Waals surface area (Å²) in [6, 6.07) is 14.8. The van der Waals surface area contributed by atoms with Gasteiger partial charge in [0.15, 0.2) is 0 Å². The molecule has 1 saturated carbocycles. The van der Waals surface area contributed by atoms with E-state index < -0.39 is 5.60 Å². The maximum atomic E-state index is 11.1. The molecule has 1 aromatic carbocycles. The fourth-order valence-electron chi connectivity index (χ4n) is 3.80. The van der Waals surface area contributed by atoms with Crippen LogP contribution in [0.15, 0.2) is 48.7 Å². The Morgan fingerprint density at radius 2 is 2.00 bits per heavy atom. The molecule has 2 N–H and O–H groups in total. The molecule has 23 heavy (non-hydrogen) atoms. The Morgan fingerprint density at radius 1 is 1.17 bits per heavy atom. The van der Waals surface area contributed by atoms with Gasteiger partial charge in [0.25, 0.3) is 0 Å². The predicted octanol–water partition coefficient (Wildman–Crippen LogP) is 2.83. The first-order chi connectivity index (χ1) is 11.2. The number of fused-ring (bicyclic) bond motifs is 1. The number of aliphatic hydroxyl groups is 1. The summed E-state index contributed by atoms with van der Waals surface area (Å²) in [6.45, 7) is 0.637. The second-order valence-corrected chi connectivity index (χ2v) is 7.04. The fourth-order valence-corrected chi connectivity index (χ4v) is 3.80. The van der Waals surface area contributed by atoms with E-state index in [4.69, 9.17) is 0 Å². The molecule has 4 rings (SSSR count). The molecule has 3 nitrogen and oxygen atoms in total. The highest BCUT2D eigenvalue weighted by atomic mass is 16.3. The number of aryl methyl sites for hydroxylation is 1. The molecular formula is C20H24N2O. The van der Waals surface area contributed by atoms with E-state index in [0.29, 0.717) is 12.6 Å². The van der Waals surface area contributed by atoms with Crippen molar-refractivity contribution < 1.29 is 5.11 Å². The van der Waals surface area contributed by atoms with Crippen LogP contribution in [0, 0.1) is 5.92 Å². The summed E-state index contributed by atoms with van der Waals surface area (Å²) in [5, 5.41) is 14.7. The van der Waals surface area contributed by atoms with Crippen LogP contribution >= 0.6 is 0 Å². The van der Waals surface area contributed by atoms with Gasteiger partial charge in [-0.15, -0.1) is 0 Å². The smallest absolute Gasteiger partial charge is 0.103 e. The van der Waals surface area contributed by atoms with E-state index >= 15 is 0 Å². The molecule has 0 amide bonds. The molecule has 2 aromatic rings. The van der Waals surface area contributed by atoms with E-state index in [1.54, 1.807) is 0 Å². The summed E-state index contributed by atoms with van der Waals surface area (Å²) < 4.78 is 0. The van der Waals surface area contributed by atoms with Gasteiger partial charge in [-0.1, -0.05) is 30.3 Å². The van der Waals surface area contributed by atoms with Crippen molar-refractivity contribution in [2.24, 2.45) is 5.92 Å². The molecule has 1 fully saturated rings. The quantitative estimate of drug-likeness (QED) is 0.862. The number of benzene rings is 1. The summed E-state index contributed by atoms with van der Waals surface area (Å²) in [5.41, 5.74) is 2.83. The molecule has 2 aliphatic carbocycles. The molecule has 1 heterocycles. The van der Waals surface area contributed by atoms with Crippen LogP contribution in [0.25, 0.3) is 0 Å². The van der Waals surface area contributed by atoms with Crippen molar-refractivity contribution in [2.45, 2.75) is 43.7 Å². The topological polar surface area (TPSA) is 45.1 Å². The molecule has 0 unspecified atom stereocenters. The minimum atomic E-state index is -0.714. The number of pyridine rings is 1. The van der Waals surface area contributed by atoms with Gasteiger partial charge in [-0.05, 0) is 54.9 Å². The number of rotatable bonds is 6. The zero-order chi connectivity index (χ0) is 15.7. The third kappa shape index (κ3) is 3.17. The lowest BCUT2D eigenvalue weighted by Gasteiger charge is -2.28. The van der Waals surface area contributed by atoms with Crippen molar-refractivity contribution in [3.63, 3.8) is 0 Å². The molecule has 2 aliphatic rings. The third-order valence-electron chi connectivity index (χ3n) is 5.33. The molecule has 0 radical (unpaired) electrons. The lowest BCUT2D eigenvalue weighted by molar-refractivity contribution is 0.0350. The first-order valence-electron chi connectivity index (χ1n) is 8.69. The first kappa shape index (κ1) is 14.9. The van der Waals surface area contributed by atoms with Crippen LogP contribution in [0.1, 0.15) is 36.1 Å². The summed E-state index contributed by atoms with van der Waals surface area (Å²) in [7, 11) is 0. The maximum Gasteiger partial charge on any atom is 0.103 e. The largest absolute Gasteiger partial charge is 0.384 e. The Balaban J connectivity index is 1.44. The number of hydrogen-bond acceptors (Lipinski definition) is 3. The highest BCUT2D eigenvalue weighted by Crippen LogP contribution is 2.38. The van der Waals surface area contributed by atoms with E-state index in [1.165, 1.54) is 18.4 Å². The van der Waals surface area contributed by atoms with E-state index in [1.807, 2.05) is 24.4 Å². The number of nitrogens with one attached hydrogen (secondary N) is 1. The highest BCUT2D eigenvalue weighted by molar-refractivity contribution is 5.37. The van der Waals surface area contributed by atoms with Gasteiger partial charge in [-0.25, -0.2) is 0 Å². The van der Waals surface area contributed by atoms with Crippen molar-refractivity contribution in [3.05, 3.63) is 65.5 Å². The van der Waals surface area contributed by atoms with Crippen molar-refractivity contribution in [1.29, 1.82) is 0 Å². The van der Waals surface area contributed by atoms with Crippen molar-refractivity contribution in [2.75, 3.05) is 6.54 Å². The zero-order valence-electron chi connectivity index (χ0n) is 13.4.